The van der Waals surface area contributed by atoms with E-state index < -0.39 is 0 Å². The predicted molar refractivity (Wildman–Crippen MR) is 75.6 cm³/mol. The quantitative estimate of drug-likeness (QED) is 0.561. The van der Waals surface area contributed by atoms with Crippen LogP contribution in [0.5, 0.6) is 0 Å². The van der Waals surface area contributed by atoms with Gasteiger partial charge in [-0.2, -0.15) is 0 Å². The number of carbonyl (C=O) groups excluding carboxylic acids is 1. The molecule has 1 heterocycles. The number of rotatable bonds is 7. The summed E-state index contributed by atoms with van der Waals surface area (Å²) in [7, 11) is 0. The number of esters is 1. The van der Waals surface area contributed by atoms with Crippen LogP contribution in [-0.4, -0.2) is 30.1 Å². The molecular formula is C14H21NO2S. The summed E-state index contributed by atoms with van der Waals surface area (Å²) in [6, 6.07) is 4.50. The molecule has 0 atom stereocenters. The van der Waals surface area contributed by atoms with Crippen LogP contribution in [0.25, 0.3) is 0 Å². The highest BCUT2D eigenvalue weighted by atomic mass is 32.1. The first-order valence-corrected chi connectivity index (χ1v) is 7.03. The summed E-state index contributed by atoms with van der Waals surface area (Å²) in [5.41, 5.74) is 0.516. The van der Waals surface area contributed by atoms with E-state index in [0.717, 1.165) is 6.54 Å². The molecule has 1 aromatic heterocycles. The Morgan fingerprint density at radius 2 is 2.28 bits per heavy atom. The first-order chi connectivity index (χ1) is 8.54. The molecule has 1 rings (SSSR count). The Hall–Kier alpha value is -1.13. The van der Waals surface area contributed by atoms with Crippen LogP contribution in [0.3, 0.4) is 0 Å². The third kappa shape index (κ3) is 4.63. The summed E-state index contributed by atoms with van der Waals surface area (Å²) in [5.74, 6) is -0.297. The van der Waals surface area contributed by atoms with E-state index in [1.807, 2.05) is 6.07 Å². The average molecular weight is 267 g/mol. The lowest BCUT2D eigenvalue weighted by Crippen LogP contribution is -2.33. The average Bonchev–Trinajstić information content (AvgIpc) is 2.81. The van der Waals surface area contributed by atoms with Gasteiger partial charge in [0.05, 0.1) is 6.61 Å². The normalized spacial score (nSPS) is 10.9. The molecule has 0 saturated carbocycles. The standard InChI is InChI=1S/C14H21NO2S/c1-5-17-14(16)12(4)9-15(11(2)3)10-13-7-6-8-18-13/h6-8,11H,4-5,9-10H2,1-3H3. The Bertz CT molecular complexity index is 385. The van der Waals surface area contributed by atoms with Crippen molar-refractivity contribution in [3.05, 3.63) is 34.5 Å². The fraction of sp³-hybridized carbons (Fsp3) is 0.500. The molecule has 0 aliphatic rings. The molecular weight excluding hydrogens is 246 g/mol. The van der Waals surface area contributed by atoms with Crippen LogP contribution in [-0.2, 0) is 16.1 Å². The summed E-state index contributed by atoms with van der Waals surface area (Å²) >= 11 is 1.73. The van der Waals surface area contributed by atoms with E-state index in [9.17, 15) is 4.79 Å². The van der Waals surface area contributed by atoms with E-state index in [-0.39, 0.29) is 5.97 Å². The number of carbonyl (C=O) groups is 1. The fourth-order valence-electron chi connectivity index (χ4n) is 1.57. The maximum absolute atomic E-state index is 11.6. The van der Waals surface area contributed by atoms with E-state index in [2.05, 4.69) is 36.8 Å². The predicted octanol–water partition coefficient (Wildman–Crippen LogP) is 3.08. The van der Waals surface area contributed by atoms with Crippen LogP contribution in [0.4, 0.5) is 0 Å². The van der Waals surface area contributed by atoms with E-state index >= 15 is 0 Å². The van der Waals surface area contributed by atoms with Crippen molar-refractivity contribution in [2.45, 2.75) is 33.4 Å². The van der Waals surface area contributed by atoms with Gasteiger partial charge < -0.3 is 4.74 Å². The molecule has 0 saturated heterocycles. The second kappa shape index (κ2) is 7.34. The van der Waals surface area contributed by atoms with Crippen LogP contribution >= 0.6 is 11.3 Å². The van der Waals surface area contributed by atoms with Gasteiger partial charge in [0, 0.05) is 29.6 Å². The molecule has 0 spiro atoms. The van der Waals surface area contributed by atoms with Crippen LogP contribution < -0.4 is 0 Å². The number of hydrogen-bond acceptors (Lipinski definition) is 4. The van der Waals surface area contributed by atoms with Gasteiger partial charge in [0.25, 0.3) is 0 Å². The largest absolute Gasteiger partial charge is 0.463 e. The Morgan fingerprint density at radius 3 is 2.78 bits per heavy atom. The fourth-order valence-corrected chi connectivity index (χ4v) is 2.30. The number of nitrogens with zero attached hydrogens (tertiary/aromatic N) is 1. The van der Waals surface area contributed by atoms with Crippen molar-refractivity contribution in [3.8, 4) is 0 Å². The highest BCUT2D eigenvalue weighted by Gasteiger charge is 2.16. The van der Waals surface area contributed by atoms with Gasteiger partial charge in [-0.25, -0.2) is 4.79 Å². The summed E-state index contributed by atoms with van der Waals surface area (Å²) < 4.78 is 4.96. The third-order valence-corrected chi connectivity index (χ3v) is 3.49. The molecule has 0 unspecified atom stereocenters. The zero-order valence-corrected chi connectivity index (χ0v) is 12.1. The molecule has 0 amide bonds. The minimum absolute atomic E-state index is 0.297. The zero-order valence-electron chi connectivity index (χ0n) is 11.3. The minimum atomic E-state index is -0.297. The van der Waals surface area contributed by atoms with Crippen LogP contribution in [0.15, 0.2) is 29.7 Å². The molecule has 4 heteroatoms. The van der Waals surface area contributed by atoms with Gasteiger partial charge in [-0.15, -0.1) is 11.3 Å². The van der Waals surface area contributed by atoms with Gasteiger partial charge in [0.1, 0.15) is 0 Å². The molecule has 0 fully saturated rings. The summed E-state index contributed by atoms with van der Waals surface area (Å²) in [5, 5.41) is 2.06. The topological polar surface area (TPSA) is 29.5 Å². The number of thiophene rings is 1. The smallest absolute Gasteiger partial charge is 0.334 e. The lowest BCUT2D eigenvalue weighted by molar-refractivity contribution is -0.138. The molecule has 0 aromatic carbocycles. The molecule has 0 N–H and O–H groups in total. The molecule has 1 aromatic rings. The highest BCUT2D eigenvalue weighted by Crippen LogP contribution is 2.15. The van der Waals surface area contributed by atoms with Crippen molar-refractivity contribution in [1.82, 2.24) is 4.90 Å². The van der Waals surface area contributed by atoms with E-state index in [1.165, 1.54) is 4.88 Å². The second-order valence-electron chi connectivity index (χ2n) is 4.40. The number of hydrogen-bond donors (Lipinski definition) is 0. The second-order valence-corrected chi connectivity index (χ2v) is 5.43. The highest BCUT2D eigenvalue weighted by molar-refractivity contribution is 7.09. The Balaban J connectivity index is 2.58. The van der Waals surface area contributed by atoms with Crippen LogP contribution in [0.1, 0.15) is 25.6 Å². The first-order valence-electron chi connectivity index (χ1n) is 6.16. The molecule has 0 aliphatic heterocycles. The summed E-state index contributed by atoms with van der Waals surface area (Å²) in [6.45, 7) is 11.6. The maximum Gasteiger partial charge on any atom is 0.334 e. The van der Waals surface area contributed by atoms with E-state index in [4.69, 9.17) is 4.74 Å². The monoisotopic (exact) mass is 267 g/mol. The molecule has 100 valence electrons. The Morgan fingerprint density at radius 1 is 1.56 bits per heavy atom. The van der Waals surface area contributed by atoms with Crippen molar-refractivity contribution >= 4 is 17.3 Å². The summed E-state index contributed by atoms with van der Waals surface area (Å²) in [6.07, 6.45) is 0. The Labute approximate surface area is 113 Å². The summed E-state index contributed by atoms with van der Waals surface area (Å²) in [4.78, 5) is 15.1. The van der Waals surface area contributed by atoms with E-state index in [1.54, 1.807) is 18.3 Å². The molecule has 0 aliphatic carbocycles. The number of ether oxygens (including phenoxy) is 1. The maximum atomic E-state index is 11.6. The van der Waals surface area contributed by atoms with Crippen LogP contribution in [0.2, 0.25) is 0 Å². The zero-order chi connectivity index (χ0) is 13.5. The molecule has 18 heavy (non-hydrogen) atoms. The van der Waals surface area contributed by atoms with Gasteiger partial charge in [-0.1, -0.05) is 12.6 Å². The molecule has 0 bridgehead atoms. The van der Waals surface area contributed by atoms with Crippen LogP contribution in [0, 0.1) is 0 Å². The van der Waals surface area contributed by atoms with Crippen molar-refractivity contribution < 1.29 is 9.53 Å². The molecule has 3 nitrogen and oxygen atoms in total. The van der Waals surface area contributed by atoms with E-state index in [0.29, 0.717) is 24.8 Å². The van der Waals surface area contributed by atoms with Gasteiger partial charge in [-0.05, 0) is 32.2 Å². The van der Waals surface area contributed by atoms with Crippen molar-refractivity contribution in [1.29, 1.82) is 0 Å². The Kier molecular flexibility index (Phi) is 6.09. The van der Waals surface area contributed by atoms with Gasteiger partial charge in [-0.3, -0.25) is 4.90 Å². The lowest BCUT2D eigenvalue weighted by Gasteiger charge is -2.26. The SMILES string of the molecule is C=C(CN(Cc1cccs1)C(C)C)C(=O)OCC. The molecule has 0 radical (unpaired) electrons. The minimum Gasteiger partial charge on any atom is -0.463 e. The van der Waals surface area contributed by atoms with Gasteiger partial charge in [0.15, 0.2) is 0 Å². The third-order valence-electron chi connectivity index (χ3n) is 2.63. The van der Waals surface area contributed by atoms with Crippen molar-refractivity contribution in [3.63, 3.8) is 0 Å². The van der Waals surface area contributed by atoms with Crippen molar-refractivity contribution in [2.24, 2.45) is 0 Å². The first kappa shape index (κ1) is 14.9. The lowest BCUT2D eigenvalue weighted by atomic mass is 10.2. The van der Waals surface area contributed by atoms with Gasteiger partial charge >= 0.3 is 5.97 Å². The van der Waals surface area contributed by atoms with Gasteiger partial charge in [0.2, 0.25) is 0 Å². The van der Waals surface area contributed by atoms with Crippen molar-refractivity contribution in [2.75, 3.05) is 13.2 Å².